The molecule has 0 atom stereocenters. The lowest BCUT2D eigenvalue weighted by Crippen LogP contribution is -2.33. The fraction of sp³-hybridized carbons (Fsp3) is 0.0417. The zero-order valence-corrected chi connectivity index (χ0v) is 17.6. The van der Waals surface area contributed by atoms with Crippen molar-refractivity contribution in [3.05, 3.63) is 101 Å². The van der Waals surface area contributed by atoms with Gasteiger partial charge in [-0.05, 0) is 42.5 Å². The molecule has 3 aromatic carbocycles. The largest absolute Gasteiger partial charge is 0.350 e. The number of carbonyl (C=O) groups excluding carboxylic acids is 3. The van der Waals surface area contributed by atoms with E-state index >= 15 is 0 Å². The summed E-state index contributed by atoms with van der Waals surface area (Å²) in [6, 6.07) is 21.0. The van der Waals surface area contributed by atoms with Crippen molar-refractivity contribution in [3.63, 3.8) is 0 Å². The van der Waals surface area contributed by atoms with E-state index in [-0.39, 0.29) is 22.3 Å². The van der Waals surface area contributed by atoms with E-state index < -0.39 is 17.6 Å². The predicted molar refractivity (Wildman–Crippen MR) is 121 cm³/mol. The van der Waals surface area contributed by atoms with Crippen LogP contribution in [0.5, 0.6) is 0 Å². The van der Waals surface area contributed by atoms with Crippen molar-refractivity contribution in [2.24, 2.45) is 0 Å². The minimum atomic E-state index is -0.833. The topological polar surface area (TPSA) is 69.7 Å². The van der Waals surface area contributed by atoms with E-state index in [1.807, 2.05) is 30.3 Å². The van der Waals surface area contributed by atoms with Gasteiger partial charge in [0.15, 0.2) is 0 Å². The number of carbonyl (C=O) groups is 3. The molecule has 0 fully saturated rings. The zero-order chi connectivity index (χ0) is 22.8. The molecule has 160 valence electrons. The summed E-state index contributed by atoms with van der Waals surface area (Å²) >= 11 is 6.11. The van der Waals surface area contributed by atoms with Crippen LogP contribution in [0.25, 0.3) is 0 Å². The Morgan fingerprint density at radius 3 is 2.34 bits per heavy atom. The maximum Gasteiger partial charge on any atom is 0.283 e. The van der Waals surface area contributed by atoms with E-state index in [0.717, 1.165) is 11.8 Å². The number of hydrogen-bond donors (Lipinski definition) is 1. The minimum absolute atomic E-state index is 0.189. The molecule has 0 aromatic heterocycles. The molecule has 1 aliphatic rings. The SMILES string of the molecule is CN(C(=O)c1cccc(NC2=C(Cl)C(=O)N(c3ccccc3F)C2=O)c1)c1ccccc1. The van der Waals surface area contributed by atoms with Crippen molar-refractivity contribution >= 4 is 46.4 Å². The zero-order valence-electron chi connectivity index (χ0n) is 16.9. The number of para-hydroxylation sites is 2. The second-order valence-electron chi connectivity index (χ2n) is 6.99. The van der Waals surface area contributed by atoms with Crippen LogP contribution in [0.2, 0.25) is 0 Å². The maximum absolute atomic E-state index is 14.2. The van der Waals surface area contributed by atoms with Gasteiger partial charge in [0, 0.05) is 24.0 Å². The van der Waals surface area contributed by atoms with Crippen LogP contribution in [-0.4, -0.2) is 24.8 Å². The van der Waals surface area contributed by atoms with E-state index in [1.165, 1.54) is 23.1 Å². The Hall–Kier alpha value is -3.97. The average molecular weight is 450 g/mol. The minimum Gasteiger partial charge on any atom is -0.350 e. The lowest BCUT2D eigenvalue weighted by atomic mass is 10.1. The predicted octanol–water partition coefficient (Wildman–Crippen LogP) is 4.54. The molecule has 3 aromatic rings. The molecule has 6 nitrogen and oxygen atoms in total. The van der Waals surface area contributed by atoms with Gasteiger partial charge >= 0.3 is 0 Å². The van der Waals surface area contributed by atoms with Crippen LogP contribution < -0.4 is 15.1 Å². The number of amides is 3. The normalized spacial score (nSPS) is 13.5. The number of hydrogen-bond acceptors (Lipinski definition) is 4. The molecule has 0 saturated heterocycles. The first-order valence-electron chi connectivity index (χ1n) is 9.61. The van der Waals surface area contributed by atoms with Crippen LogP contribution in [-0.2, 0) is 9.59 Å². The van der Waals surface area contributed by atoms with Gasteiger partial charge in [-0.25, -0.2) is 9.29 Å². The molecule has 1 aliphatic heterocycles. The Bertz CT molecular complexity index is 1260. The van der Waals surface area contributed by atoms with Gasteiger partial charge in [-0.15, -0.1) is 0 Å². The van der Waals surface area contributed by atoms with Gasteiger partial charge in [-0.3, -0.25) is 14.4 Å². The van der Waals surface area contributed by atoms with Gasteiger partial charge in [0.05, 0.1) is 5.69 Å². The van der Waals surface area contributed by atoms with Crippen LogP contribution in [0, 0.1) is 5.82 Å². The van der Waals surface area contributed by atoms with Crippen LogP contribution in [0.3, 0.4) is 0 Å². The third kappa shape index (κ3) is 3.86. The smallest absolute Gasteiger partial charge is 0.283 e. The highest BCUT2D eigenvalue weighted by molar-refractivity contribution is 6.53. The Morgan fingerprint density at radius 1 is 0.938 bits per heavy atom. The van der Waals surface area contributed by atoms with Crippen molar-refractivity contribution in [2.45, 2.75) is 0 Å². The van der Waals surface area contributed by atoms with Gasteiger partial charge in [0.25, 0.3) is 17.7 Å². The van der Waals surface area contributed by atoms with Gasteiger partial charge in [-0.2, -0.15) is 0 Å². The maximum atomic E-state index is 14.2. The summed E-state index contributed by atoms with van der Waals surface area (Å²) in [4.78, 5) is 40.4. The third-order valence-corrected chi connectivity index (χ3v) is 5.30. The van der Waals surface area contributed by atoms with Gasteiger partial charge in [-0.1, -0.05) is 48.0 Å². The van der Waals surface area contributed by atoms with Crippen LogP contribution >= 0.6 is 11.6 Å². The van der Waals surface area contributed by atoms with E-state index in [2.05, 4.69) is 5.32 Å². The van der Waals surface area contributed by atoms with Crippen molar-refractivity contribution in [2.75, 3.05) is 22.2 Å². The summed E-state index contributed by atoms with van der Waals surface area (Å²) in [6.07, 6.45) is 0. The lowest BCUT2D eigenvalue weighted by Gasteiger charge is -2.18. The molecule has 0 saturated carbocycles. The Labute approximate surface area is 188 Å². The highest BCUT2D eigenvalue weighted by Gasteiger charge is 2.40. The number of rotatable bonds is 5. The number of halogens is 2. The lowest BCUT2D eigenvalue weighted by molar-refractivity contribution is -0.120. The quantitative estimate of drug-likeness (QED) is 0.581. The Morgan fingerprint density at radius 2 is 1.62 bits per heavy atom. The van der Waals surface area contributed by atoms with E-state index in [4.69, 9.17) is 11.6 Å². The van der Waals surface area contributed by atoms with E-state index in [9.17, 15) is 18.8 Å². The molecule has 1 heterocycles. The Balaban J connectivity index is 1.58. The number of imide groups is 1. The number of nitrogens with one attached hydrogen (secondary N) is 1. The first-order chi connectivity index (χ1) is 15.4. The highest BCUT2D eigenvalue weighted by Crippen LogP contribution is 2.31. The second-order valence-corrected chi connectivity index (χ2v) is 7.37. The summed E-state index contributed by atoms with van der Waals surface area (Å²) in [5.74, 6) is -2.61. The van der Waals surface area contributed by atoms with E-state index in [1.54, 1.807) is 31.3 Å². The van der Waals surface area contributed by atoms with Crippen LogP contribution in [0.4, 0.5) is 21.5 Å². The molecule has 0 bridgehead atoms. The third-order valence-electron chi connectivity index (χ3n) is 4.95. The molecule has 0 unspecified atom stereocenters. The van der Waals surface area contributed by atoms with Gasteiger partial charge in [0.2, 0.25) is 0 Å². The molecule has 4 rings (SSSR count). The fourth-order valence-electron chi connectivity index (χ4n) is 3.30. The van der Waals surface area contributed by atoms with Crippen molar-refractivity contribution < 1.29 is 18.8 Å². The average Bonchev–Trinajstić information content (AvgIpc) is 3.02. The van der Waals surface area contributed by atoms with Crippen molar-refractivity contribution in [1.29, 1.82) is 0 Å². The first kappa shape index (κ1) is 21.3. The molecule has 0 spiro atoms. The van der Waals surface area contributed by atoms with E-state index in [0.29, 0.717) is 16.2 Å². The Kier molecular flexibility index (Phi) is 5.75. The number of nitrogens with zero attached hydrogens (tertiary/aromatic N) is 2. The summed E-state index contributed by atoms with van der Waals surface area (Å²) in [6.45, 7) is 0. The molecule has 8 heteroatoms. The molecule has 0 radical (unpaired) electrons. The van der Waals surface area contributed by atoms with Crippen molar-refractivity contribution in [3.8, 4) is 0 Å². The number of benzene rings is 3. The summed E-state index contributed by atoms with van der Waals surface area (Å²) in [5, 5.41) is 2.44. The van der Waals surface area contributed by atoms with Gasteiger partial charge in [0.1, 0.15) is 16.5 Å². The van der Waals surface area contributed by atoms with Crippen molar-refractivity contribution in [1.82, 2.24) is 0 Å². The standard InChI is InChI=1S/C24H17ClFN3O3/c1-28(17-10-3-2-4-11-17)22(30)15-8-7-9-16(14-15)27-21-20(25)23(31)29(24(21)32)19-13-6-5-12-18(19)26/h2-14,27H,1H3. The highest BCUT2D eigenvalue weighted by atomic mass is 35.5. The number of anilines is 3. The van der Waals surface area contributed by atoms with Crippen LogP contribution in [0.1, 0.15) is 10.4 Å². The summed E-state index contributed by atoms with van der Waals surface area (Å²) in [7, 11) is 1.66. The molecular weight excluding hydrogens is 433 g/mol. The first-order valence-corrected chi connectivity index (χ1v) is 9.99. The van der Waals surface area contributed by atoms with Crippen LogP contribution in [0.15, 0.2) is 89.6 Å². The fourth-order valence-corrected chi connectivity index (χ4v) is 3.51. The molecule has 1 N–H and O–H groups in total. The molecular formula is C24H17ClFN3O3. The second kappa shape index (κ2) is 8.64. The molecule has 0 aliphatic carbocycles. The monoisotopic (exact) mass is 449 g/mol. The summed E-state index contributed by atoms with van der Waals surface area (Å²) in [5.41, 5.74) is 1.08. The molecule has 3 amide bonds. The summed E-state index contributed by atoms with van der Waals surface area (Å²) < 4.78 is 14.2. The van der Waals surface area contributed by atoms with Gasteiger partial charge < -0.3 is 10.2 Å². The molecule has 32 heavy (non-hydrogen) atoms.